The third kappa shape index (κ3) is 4.40. The van der Waals surface area contributed by atoms with Crippen LogP contribution in [0.15, 0.2) is 18.3 Å². The van der Waals surface area contributed by atoms with Crippen molar-refractivity contribution < 1.29 is 14.6 Å². The van der Waals surface area contributed by atoms with Crippen LogP contribution in [0.25, 0.3) is 0 Å². The second kappa shape index (κ2) is 6.85. The Bertz CT molecular complexity index is 367. The number of rotatable bonds is 6. The van der Waals surface area contributed by atoms with E-state index in [0.29, 0.717) is 24.4 Å². The van der Waals surface area contributed by atoms with E-state index in [-0.39, 0.29) is 12.0 Å². The Kier molecular flexibility index (Phi) is 5.42. The molecule has 94 valence electrons. The van der Waals surface area contributed by atoms with Gasteiger partial charge in [-0.25, -0.2) is 4.98 Å². The number of nitrogens with zero attached hydrogens (tertiary/aromatic N) is 1. The van der Waals surface area contributed by atoms with Crippen LogP contribution in [-0.2, 0) is 0 Å². The van der Waals surface area contributed by atoms with Crippen molar-refractivity contribution in [2.24, 2.45) is 0 Å². The number of carbonyl (C=O) groups excluding carboxylic acids is 1. The van der Waals surface area contributed by atoms with Gasteiger partial charge < -0.3 is 15.2 Å². The summed E-state index contributed by atoms with van der Waals surface area (Å²) in [6.07, 6.45) is 2.65. The summed E-state index contributed by atoms with van der Waals surface area (Å²) in [7, 11) is 1.48. The highest BCUT2D eigenvalue weighted by atomic mass is 16.5. The fraction of sp³-hybridized carbons (Fsp3) is 0.500. The Morgan fingerprint density at radius 3 is 3.06 bits per heavy atom. The van der Waals surface area contributed by atoms with Crippen LogP contribution in [0.4, 0.5) is 0 Å². The monoisotopic (exact) mass is 238 g/mol. The van der Waals surface area contributed by atoms with E-state index in [1.165, 1.54) is 7.11 Å². The van der Waals surface area contributed by atoms with Crippen LogP contribution < -0.4 is 10.1 Å². The van der Waals surface area contributed by atoms with E-state index in [1.54, 1.807) is 25.3 Å². The standard InChI is InChI=1S/C12H18N2O3/c1-9(15)5-3-7-13-11(16)10-6-4-8-14-12(10)17-2/h4,6,8-9,15H,3,5,7H2,1-2H3,(H,13,16). The molecule has 0 spiro atoms. The smallest absolute Gasteiger partial charge is 0.256 e. The summed E-state index contributed by atoms with van der Waals surface area (Å²) in [4.78, 5) is 15.7. The second-order valence-electron chi connectivity index (χ2n) is 3.81. The van der Waals surface area contributed by atoms with Crippen LogP contribution in [0.2, 0.25) is 0 Å². The number of aliphatic hydroxyl groups excluding tert-OH is 1. The zero-order chi connectivity index (χ0) is 12.7. The van der Waals surface area contributed by atoms with E-state index in [4.69, 9.17) is 9.84 Å². The molecule has 1 atom stereocenters. The van der Waals surface area contributed by atoms with Crippen molar-refractivity contribution in [1.29, 1.82) is 0 Å². The average Bonchev–Trinajstić information content (AvgIpc) is 2.34. The van der Waals surface area contributed by atoms with Gasteiger partial charge in [-0.3, -0.25) is 4.79 Å². The number of aliphatic hydroxyl groups is 1. The maximum atomic E-state index is 11.8. The molecule has 0 saturated heterocycles. The molecule has 0 bridgehead atoms. The molecular formula is C12H18N2O3. The van der Waals surface area contributed by atoms with Gasteiger partial charge in [0, 0.05) is 12.7 Å². The minimum absolute atomic E-state index is 0.208. The van der Waals surface area contributed by atoms with Crippen molar-refractivity contribution in [3.05, 3.63) is 23.9 Å². The minimum atomic E-state index is -0.333. The normalized spacial score (nSPS) is 11.9. The third-order valence-corrected chi connectivity index (χ3v) is 2.29. The summed E-state index contributed by atoms with van der Waals surface area (Å²) in [5, 5.41) is 11.8. The molecule has 0 aliphatic carbocycles. The summed E-state index contributed by atoms with van der Waals surface area (Å²) in [6, 6.07) is 3.35. The van der Waals surface area contributed by atoms with Gasteiger partial charge in [0.15, 0.2) is 0 Å². The predicted octanol–water partition coefficient (Wildman–Crippen LogP) is 0.981. The molecule has 0 aromatic carbocycles. The van der Waals surface area contributed by atoms with Crippen LogP contribution in [0, 0.1) is 0 Å². The molecule has 1 rings (SSSR count). The number of ether oxygens (including phenoxy) is 1. The highest BCUT2D eigenvalue weighted by Crippen LogP contribution is 2.12. The maximum Gasteiger partial charge on any atom is 0.256 e. The molecule has 0 radical (unpaired) electrons. The van der Waals surface area contributed by atoms with Gasteiger partial charge in [-0.2, -0.15) is 0 Å². The number of aromatic nitrogens is 1. The zero-order valence-electron chi connectivity index (χ0n) is 10.1. The molecule has 0 aliphatic heterocycles. The molecular weight excluding hydrogens is 220 g/mol. The highest BCUT2D eigenvalue weighted by molar-refractivity contribution is 5.96. The maximum absolute atomic E-state index is 11.8. The van der Waals surface area contributed by atoms with Crippen molar-refractivity contribution in [3.8, 4) is 5.88 Å². The zero-order valence-corrected chi connectivity index (χ0v) is 10.1. The lowest BCUT2D eigenvalue weighted by Gasteiger charge is -2.08. The van der Waals surface area contributed by atoms with Crippen LogP contribution in [0.3, 0.4) is 0 Å². The fourth-order valence-electron chi connectivity index (χ4n) is 1.42. The first-order valence-electron chi connectivity index (χ1n) is 5.60. The molecule has 0 aliphatic rings. The Labute approximate surface area is 101 Å². The highest BCUT2D eigenvalue weighted by Gasteiger charge is 2.11. The average molecular weight is 238 g/mol. The number of amides is 1. The van der Waals surface area contributed by atoms with Gasteiger partial charge in [0.2, 0.25) is 5.88 Å². The van der Waals surface area contributed by atoms with Crippen LogP contribution in [0.1, 0.15) is 30.1 Å². The Hall–Kier alpha value is -1.62. The summed E-state index contributed by atoms with van der Waals surface area (Å²) >= 11 is 0. The number of methoxy groups -OCH3 is 1. The molecule has 0 saturated carbocycles. The minimum Gasteiger partial charge on any atom is -0.480 e. The van der Waals surface area contributed by atoms with E-state index < -0.39 is 0 Å². The van der Waals surface area contributed by atoms with Gasteiger partial charge in [-0.05, 0) is 31.9 Å². The summed E-state index contributed by atoms with van der Waals surface area (Å²) in [6.45, 7) is 2.26. The Morgan fingerprint density at radius 2 is 2.41 bits per heavy atom. The number of nitrogens with one attached hydrogen (secondary N) is 1. The topological polar surface area (TPSA) is 71.5 Å². The van der Waals surface area contributed by atoms with E-state index in [9.17, 15) is 4.79 Å². The molecule has 1 aromatic heterocycles. The third-order valence-electron chi connectivity index (χ3n) is 2.29. The van der Waals surface area contributed by atoms with Crippen molar-refractivity contribution in [2.45, 2.75) is 25.9 Å². The van der Waals surface area contributed by atoms with Crippen molar-refractivity contribution >= 4 is 5.91 Å². The fourth-order valence-corrected chi connectivity index (χ4v) is 1.42. The first kappa shape index (κ1) is 13.4. The van der Waals surface area contributed by atoms with Gasteiger partial charge in [0.25, 0.3) is 5.91 Å². The van der Waals surface area contributed by atoms with Gasteiger partial charge in [0.05, 0.1) is 13.2 Å². The summed E-state index contributed by atoms with van der Waals surface area (Å²) < 4.78 is 5.00. The molecule has 17 heavy (non-hydrogen) atoms. The van der Waals surface area contributed by atoms with Crippen molar-refractivity contribution in [2.75, 3.05) is 13.7 Å². The first-order valence-corrected chi connectivity index (χ1v) is 5.60. The lowest BCUT2D eigenvalue weighted by atomic mass is 10.2. The lowest BCUT2D eigenvalue weighted by molar-refractivity contribution is 0.0946. The van der Waals surface area contributed by atoms with E-state index in [0.717, 1.165) is 6.42 Å². The van der Waals surface area contributed by atoms with Crippen LogP contribution in [-0.4, -0.2) is 35.8 Å². The molecule has 1 amide bonds. The van der Waals surface area contributed by atoms with Crippen LogP contribution in [0.5, 0.6) is 5.88 Å². The van der Waals surface area contributed by atoms with Gasteiger partial charge in [0.1, 0.15) is 5.56 Å². The largest absolute Gasteiger partial charge is 0.480 e. The SMILES string of the molecule is COc1ncccc1C(=O)NCCCC(C)O. The molecule has 1 unspecified atom stereocenters. The predicted molar refractivity (Wildman–Crippen MR) is 64.0 cm³/mol. The summed E-state index contributed by atoms with van der Waals surface area (Å²) in [5.41, 5.74) is 0.423. The van der Waals surface area contributed by atoms with Crippen molar-refractivity contribution in [1.82, 2.24) is 10.3 Å². The first-order chi connectivity index (χ1) is 8.15. The quantitative estimate of drug-likeness (QED) is 0.725. The van der Waals surface area contributed by atoms with E-state index in [2.05, 4.69) is 10.3 Å². The van der Waals surface area contributed by atoms with Crippen molar-refractivity contribution in [3.63, 3.8) is 0 Å². The molecule has 1 heterocycles. The van der Waals surface area contributed by atoms with E-state index >= 15 is 0 Å². The second-order valence-corrected chi connectivity index (χ2v) is 3.81. The molecule has 2 N–H and O–H groups in total. The molecule has 1 aromatic rings. The van der Waals surface area contributed by atoms with Gasteiger partial charge in [-0.15, -0.1) is 0 Å². The van der Waals surface area contributed by atoms with Crippen LogP contribution >= 0.6 is 0 Å². The lowest BCUT2D eigenvalue weighted by Crippen LogP contribution is -2.25. The molecule has 0 fully saturated rings. The number of hydrogen-bond donors (Lipinski definition) is 2. The number of carbonyl (C=O) groups is 1. The molecule has 5 heteroatoms. The van der Waals surface area contributed by atoms with Gasteiger partial charge in [-0.1, -0.05) is 0 Å². The Morgan fingerprint density at radius 1 is 1.65 bits per heavy atom. The van der Waals surface area contributed by atoms with Gasteiger partial charge >= 0.3 is 0 Å². The van der Waals surface area contributed by atoms with E-state index in [1.807, 2.05) is 0 Å². The molecule has 5 nitrogen and oxygen atoms in total. The number of pyridine rings is 1. The Balaban J connectivity index is 2.47. The number of hydrogen-bond acceptors (Lipinski definition) is 4. The summed E-state index contributed by atoms with van der Waals surface area (Å²) in [5.74, 6) is 0.112.